The summed E-state index contributed by atoms with van der Waals surface area (Å²) in [7, 11) is 0. The van der Waals surface area contributed by atoms with Crippen molar-refractivity contribution >= 4 is 11.3 Å². The molecule has 78 valence electrons. The van der Waals surface area contributed by atoms with E-state index in [1.54, 1.807) is 11.3 Å². The van der Waals surface area contributed by atoms with Gasteiger partial charge in [-0.15, -0.1) is 11.3 Å². The monoisotopic (exact) mass is 217 g/mol. The molecule has 0 atom stereocenters. The Hall–Kier alpha value is -1.15. The van der Waals surface area contributed by atoms with Gasteiger partial charge in [-0.25, -0.2) is 4.98 Å². The number of nitrogens with zero attached hydrogens (tertiary/aromatic N) is 1. The number of aryl methyl sites for hydroxylation is 1. The third-order valence-electron chi connectivity index (χ3n) is 2.32. The zero-order chi connectivity index (χ0) is 10.8. The van der Waals surface area contributed by atoms with Crippen LogP contribution in [0.1, 0.15) is 30.3 Å². The van der Waals surface area contributed by atoms with E-state index in [2.05, 4.69) is 50.0 Å². The quantitative estimate of drug-likeness (QED) is 0.733. The summed E-state index contributed by atoms with van der Waals surface area (Å²) in [5, 5.41) is 1.21. The minimum Gasteiger partial charge on any atom is -0.249 e. The number of hydrogen-bond donors (Lipinski definition) is 0. The lowest BCUT2D eigenvalue weighted by Gasteiger charge is -1.98. The van der Waals surface area contributed by atoms with Crippen LogP contribution in [0.2, 0.25) is 0 Å². The first-order chi connectivity index (χ1) is 7.16. The molecular formula is C13H15NS. The molecule has 2 aromatic rings. The van der Waals surface area contributed by atoms with E-state index in [0.29, 0.717) is 5.92 Å². The second-order valence-electron chi connectivity index (χ2n) is 4.09. The molecule has 0 saturated heterocycles. The smallest absolute Gasteiger partial charge is 0.0956 e. The van der Waals surface area contributed by atoms with E-state index in [1.165, 1.54) is 21.0 Å². The van der Waals surface area contributed by atoms with Crippen LogP contribution < -0.4 is 0 Å². The molecule has 0 aliphatic heterocycles. The van der Waals surface area contributed by atoms with Crippen LogP contribution in [0.5, 0.6) is 0 Å². The van der Waals surface area contributed by atoms with Crippen LogP contribution >= 0.6 is 11.3 Å². The molecule has 0 aliphatic rings. The molecule has 1 nitrogen and oxygen atoms in total. The molecule has 0 bridgehead atoms. The van der Waals surface area contributed by atoms with E-state index in [1.807, 2.05) is 6.20 Å². The molecule has 2 rings (SSSR count). The van der Waals surface area contributed by atoms with Gasteiger partial charge in [-0.05, 0) is 12.5 Å². The first-order valence-electron chi connectivity index (χ1n) is 5.19. The molecule has 1 heterocycles. The summed E-state index contributed by atoms with van der Waals surface area (Å²) >= 11 is 1.79. The molecule has 0 fully saturated rings. The molecule has 0 saturated carbocycles. The first-order valence-corrected chi connectivity index (χ1v) is 6.01. The Morgan fingerprint density at radius 1 is 1.27 bits per heavy atom. The normalized spacial score (nSPS) is 10.9. The van der Waals surface area contributed by atoms with Gasteiger partial charge < -0.3 is 0 Å². The van der Waals surface area contributed by atoms with Crippen molar-refractivity contribution in [3.05, 3.63) is 41.0 Å². The Kier molecular flexibility index (Phi) is 2.87. The van der Waals surface area contributed by atoms with Crippen LogP contribution in [0, 0.1) is 6.92 Å². The van der Waals surface area contributed by atoms with E-state index in [-0.39, 0.29) is 0 Å². The van der Waals surface area contributed by atoms with Crippen molar-refractivity contribution in [3.8, 4) is 10.4 Å². The van der Waals surface area contributed by atoms with Gasteiger partial charge in [0.15, 0.2) is 0 Å². The second-order valence-corrected chi connectivity index (χ2v) is 5.15. The van der Waals surface area contributed by atoms with Crippen molar-refractivity contribution in [1.29, 1.82) is 0 Å². The van der Waals surface area contributed by atoms with Crippen LogP contribution in [0.4, 0.5) is 0 Å². The molecule has 0 N–H and O–H groups in total. The average Bonchev–Trinajstić information content (AvgIpc) is 2.66. The zero-order valence-electron chi connectivity index (χ0n) is 9.32. The predicted octanol–water partition coefficient (Wildman–Crippen LogP) is 4.24. The predicted molar refractivity (Wildman–Crippen MR) is 66.4 cm³/mol. The Bertz CT molecular complexity index is 457. The summed E-state index contributed by atoms with van der Waals surface area (Å²) in [6, 6.07) is 8.57. The highest BCUT2D eigenvalue weighted by atomic mass is 32.1. The molecule has 0 amide bonds. The van der Waals surface area contributed by atoms with Gasteiger partial charge in [-0.3, -0.25) is 0 Å². The molecule has 1 aromatic heterocycles. The third-order valence-corrected chi connectivity index (χ3v) is 3.67. The zero-order valence-corrected chi connectivity index (χ0v) is 10.1. The third kappa shape index (κ3) is 2.26. The summed E-state index contributed by atoms with van der Waals surface area (Å²) < 4.78 is 0. The van der Waals surface area contributed by atoms with Crippen molar-refractivity contribution in [2.45, 2.75) is 26.7 Å². The minimum atomic E-state index is 0.522. The highest BCUT2D eigenvalue weighted by Crippen LogP contribution is 2.29. The lowest BCUT2D eigenvalue weighted by molar-refractivity contribution is 0.852. The Morgan fingerprint density at radius 3 is 2.67 bits per heavy atom. The minimum absolute atomic E-state index is 0.522. The number of benzene rings is 1. The lowest BCUT2D eigenvalue weighted by Crippen LogP contribution is -1.81. The maximum atomic E-state index is 4.44. The summed E-state index contributed by atoms with van der Waals surface area (Å²) in [5.41, 5.74) is 2.58. The van der Waals surface area contributed by atoms with E-state index >= 15 is 0 Å². The number of rotatable bonds is 2. The molecule has 2 heteroatoms. The molecule has 1 aromatic carbocycles. The fraction of sp³-hybridized carbons (Fsp3) is 0.308. The van der Waals surface area contributed by atoms with E-state index in [0.717, 1.165) is 0 Å². The Labute approximate surface area is 94.8 Å². The van der Waals surface area contributed by atoms with Gasteiger partial charge in [0.05, 0.1) is 9.88 Å². The lowest BCUT2D eigenvalue weighted by atomic mass is 10.1. The fourth-order valence-corrected chi connectivity index (χ4v) is 2.40. The summed E-state index contributed by atoms with van der Waals surface area (Å²) in [6.45, 7) is 6.48. The summed E-state index contributed by atoms with van der Waals surface area (Å²) in [4.78, 5) is 5.71. The Balaban J connectivity index is 2.37. The maximum Gasteiger partial charge on any atom is 0.0956 e. The van der Waals surface area contributed by atoms with Gasteiger partial charge in [0.2, 0.25) is 0 Å². The van der Waals surface area contributed by atoms with Crippen LogP contribution in [0.3, 0.4) is 0 Å². The van der Waals surface area contributed by atoms with Crippen molar-refractivity contribution < 1.29 is 0 Å². The van der Waals surface area contributed by atoms with Gasteiger partial charge >= 0.3 is 0 Å². The molecule has 0 radical (unpaired) electrons. The van der Waals surface area contributed by atoms with Gasteiger partial charge in [-0.1, -0.05) is 43.7 Å². The largest absolute Gasteiger partial charge is 0.249 e. The number of aromatic nitrogens is 1. The Morgan fingerprint density at radius 2 is 2.07 bits per heavy atom. The standard InChI is InChI=1S/C13H15NS/c1-9(2)13-14-8-12(15-13)11-6-4-5-10(3)7-11/h4-9H,1-3H3. The van der Waals surface area contributed by atoms with Gasteiger partial charge in [0.25, 0.3) is 0 Å². The highest BCUT2D eigenvalue weighted by Gasteiger charge is 2.07. The van der Waals surface area contributed by atoms with Gasteiger partial charge in [0.1, 0.15) is 0 Å². The van der Waals surface area contributed by atoms with Crippen molar-refractivity contribution in [3.63, 3.8) is 0 Å². The van der Waals surface area contributed by atoms with Crippen LogP contribution in [-0.4, -0.2) is 4.98 Å². The van der Waals surface area contributed by atoms with Gasteiger partial charge in [0, 0.05) is 12.1 Å². The summed E-state index contributed by atoms with van der Waals surface area (Å²) in [6.07, 6.45) is 1.98. The molecule has 0 spiro atoms. The fourth-order valence-electron chi connectivity index (χ4n) is 1.49. The van der Waals surface area contributed by atoms with E-state index < -0.39 is 0 Å². The van der Waals surface area contributed by atoms with Crippen LogP contribution in [0.25, 0.3) is 10.4 Å². The first kappa shape index (κ1) is 10.4. The SMILES string of the molecule is Cc1cccc(-c2cnc(C(C)C)s2)c1. The molecule has 15 heavy (non-hydrogen) atoms. The van der Waals surface area contributed by atoms with Crippen molar-refractivity contribution in [2.75, 3.05) is 0 Å². The summed E-state index contributed by atoms with van der Waals surface area (Å²) in [5.74, 6) is 0.522. The van der Waals surface area contributed by atoms with Gasteiger partial charge in [-0.2, -0.15) is 0 Å². The van der Waals surface area contributed by atoms with Crippen molar-refractivity contribution in [2.24, 2.45) is 0 Å². The molecular weight excluding hydrogens is 202 g/mol. The highest BCUT2D eigenvalue weighted by molar-refractivity contribution is 7.15. The molecule has 0 aliphatic carbocycles. The number of hydrogen-bond acceptors (Lipinski definition) is 2. The van der Waals surface area contributed by atoms with Crippen molar-refractivity contribution in [1.82, 2.24) is 4.98 Å². The van der Waals surface area contributed by atoms with Crippen LogP contribution in [-0.2, 0) is 0 Å². The topological polar surface area (TPSA) is 12.9 Å². The van der Waals surface area contributed by atoms with Crippen LogP contribution in [0.15, 0.2) is 30.5 Å². The van der Waals surface area contributed by atoms with E-state index in [9.17, 15) is 0 Å². The molecule has 0 unspecified atom stereocenters. The number of thiazole rings is 1. The second kappa shape index (κ2) is 4.15. The van der Waals surface area contributed by atoms with E-state index in [4.69, 9.17) is 0 Å². The average molecular weight is 217 g/mol. The maximum absolute atomic E-state index is 4.44.